The molecule has 0 radical (unpaired) electrons. The van der Waals surface area contributed by atoms with Crippen LogP contribution in [0.2, 0.25) is 0 Å². The first kappa shape index (κ1) is 11.3. The molecule has 2 aromatic rings. The van der Waals surface area contributed by atoms with Gasteiger partial charge in [0.25, 0.3) is 0 Å². The van der Waals surface area contributed by atoms with Crippen LogP contribution >= 0.6 is 15.9 Å². The molecule has 2 rings (SSSR count). The maximum atomic E-state index is 5.37. The molecule has 0 saturated carbocycles. The molecule has 0 spiro atoms. The largest absolute Gasteiger partial charge is 0.466 e. The third-order valence-corrected chi connectivity index (χ3v) is 2.96. The number of nitrogens with one attached hydrogen (secondary N) is 1. The smallest absolute Gasteiger partial charge is 0.134 e. The fraction of sp³-hybridized carbons (Fsp3) is 0.400. The van der Waals surface area contributed by atoms with Gasteiger partial charge in [0.2, 0.25) is 0 Å². The van der Waals surface area contributed by atoms with Crippen molar-refractivity contribution in [1.82, 2.24) is 20.3 Å². The molecular formula is C10H13BrN4O. The van der Waals surface area contributed by atoms with Crippen LogP contribution < -0.4 is 5.32 Å². The molecule has 0 saturated heterocycles. The summed E-state index contributed by atoms with van der Waals surface area (Å²) < 4.78 is 8.15. The summed E-state index contributed by atoms with van der Waals surface area (Å²) in [5.41, 5.74) is 0. The van der Waals surface area contributed by atoms with E-state index in [9.17, 15) is 0 Å². The second kappa shape index (κ2) is 5.27. The summed E-state index contributed by atoms with van der Waals surface area (Å²) in [5, 5.41) is 11.0. The molecule has 86 valence electrons. The van der Waals surface area contributed by atoms with Crippen molar-refractivity contribution >= 4 is 15.9 Å². The second-order valence-electron chi connectivity index (χ2n) is 3.47. The van der Waals surface area contributed by atoms with Crippen molar-refractivity contribution in [3.63, 3.8) is 0 Å². The molecule has 1 atom stereocenters. The van der Waals surface area contributed by atoms with Gasteiger partial charge in [-0.15, -0.1) is 5.10 Å². The van der Waals surface area contributed by atoms with Gasteiger partial charge in [-0.25, -0.2) is 0 Å². The minimum absolute atomic E-state index is 0.174. The van der Waals surface area contributed by atoms with Crippen LogP contribution in [0.3, 0.4) is 0 Å². The Morgan fingerprint density at radius 1 is 1.62 bits per heavy atom. The number of halogens is 1. The number of furan rings is 1. The highest BCUT2D eigenvalue weighted by Crippen LogP contribution is 2.23. The van der Waals surface area contributed by atoms with Gasteiger partial charge in [-0.1, -0.05) is 5.21 Å². The quantitative estimate of drug-likeness (QED) is 0.912. The molecule has 0 aliphatic heterocycles. The lowest BCUT2D eigenvalue weighted by Gasteiger charge is -2.11. The van der Waals surface area contributed by atoms with Crippen LogP contribution in [0.5, 0.6) is 0 Å². The van der Waals surface area contributed by atoms with E-state index in [-0.39, 0.29) is 6.04 Å². The van der Waals surface area contributed by atoms with E-state index in [1.165, 1.54) is 0 Å². The Bertz CT molecular complexity index is 426. The molecule has 2 heterocycles. The molecule has 1 N–H and O–H groups in total. The number of hydrogen-bond donors (Lipinski definition) is 1. The molecule has 0 fully saturated rings. The highest BCUT2D eigenvalue weighted by atomic mass is 79.9. The van der Waals surface area contributed by atoms with Crippen molar-refractivity contribution in [3.8, 4) is 0 Å². The van der Waals surface area contributed by atoms with Crippen LogP contribution in [0.1, 0.15) is 18.7 Å². The van der Waals surface area contributed by atoms with E-state index in [1.807, 2.05) is 12.3 Å². The first-order chi connectivity index (χ1) is 7.77. The van der Waals surface area contributed by atoms with E-state index in [1.54, 1.807) is 17.1 Å². The zero-order valence-corrected chi connectivity index (χ0v) is 10.5. The monoisotopic (exact) mass is 284 g/mol. The summed E-state index contributed by atoms with van der Waals surface area (Å²) in [5.74, 6) is 0.915. The van der Waals surface area contributed by atoms with Crippen LogP contribution in [-0.4, -0.2) is 21.5 Å². The zero-order chi connectivity index (χ0) is 11.4. The Balaban J connectivity index is 1.80. The van der Waals surface area contributed by atoms with Gasteiger partial charge < -0.3 is 9.73 Å². The Labute approximate surface area is 102 Å². The molecule has 16 heavy (non-hydrogen) atoms. The van der Waals surface area contributed by atoms with Crippen LogP contribution in [-0.2, 0) is 6.54 Å². The van der Waals surface area contributed by atoms with Crippen LogP contribution in [0.4, 0.5) is 0 Å². The lowest BCUT2D eigenvalue weighted by atomic mass is 10.2. The average Bonchev–Trinajstić information content (AvgIpc) is 2.88. The van der Waals surface area contributed by atoms with E-state index in [0.717, 1.165) is 23.3 Å². The molecule has 1 unspecified atom stereocenters. The standard InChI is InChI=1S/C10H13BrN4O/c1-8(10-9(11)2-7-16-10)12-3-5-15-6-4-13-14-15/h2,4,6-8,12H,3,5H2,1H3. The molecular weight excluding hydrogens is 272 g/mol. The predicted molar refractivity (Wildman–Crippen MR) is 62.8 cm³/mol. The van der Waals surface area contributed by atoms with Crippen LogP contribution in [0, 0.1) is 0 Å². The van der Waals surface area contributed by atoms with E-state index in [0.29, 0.717) is 0 Å². The number of rotatable bonds is 5. The van der Waals surface area contributed by atoms with Gasteiger partial charge in [0.15, 0.2) is 0 Å². The fourth-order valence-corrected chi connectivity index (χ4v) is 2.00. The Hall–Kier alpha value is -1.14. The molecule has 0 bridgehead atoms. The van der Waals surface area contributed by atoms with E-state index >= 15 is 0 Å². The number of nitrogens with zero attached hydrogens (tertiary/aromatic N) is 3. The molecule has 0 amide bonds. The van der Waals surface area contributed by atoms with Gasteiger partial charge in [0, 0.05) is 12.7 Å². The summed E-state index contributed by atoms with van der Waals surface area (Å²) in [6, 6.07) is 2.07. The number of aromatic nitrogens is 3. The highest BCUT2D eigenvalue weighted by Gasteiger charge is 2.11. The summed E-state index contributed by atoms with van der Waals surface area (Å²) in [4.78, 5) is 0. The van der Waals surface area contributed by atoms with Crippen LogP contribution in [0.15, 0.2) is 33.6 Å². The molecule has 5 nitrogen and oxygen atoms in total. The van der Waals surface area contributed by atoms with Gasteiger partial charge in [0.1, 0.15) is 5.76 Å². The van der Waals surface area contributed by atoms with Crippen molar-refractivity contribution < 1.29 is 4.42 Å². The third-order valence-electron chi connectivity index (χ3n) is 2.30. The Morgan fingerprint density at radius 2 is 2.50 bits per heavy atom. The Kier molecular flexibility index (Phi) is 3.74. The van der Waals surface area contributed by atoms with Crippen molar-refractivity contribution in [2.24, 2.45) is 0 Å². The predicted octanol–water partition coefficient (Wildman–Crippen LogP) is 1.98. The summed E-state index contributed by atoms with van der Waals surface area (Å²) in [6.07, 6.45) is 5.19. The van der Waals surface area contributed by atoms with Gasteiger partial charge >= 0.3 is 0 Å². The first-order valence-corrected chi connectivity index (χ1v) is 5.87. The average molecular weight is 285 g/mol. The van der Waals surface area contributed by atoms with Crippen molar-refractivity contribution in [2.45, 2.75) is 19.5 Å². The highest BCUT2D eigenvalue weighted by molar-refractivity contribution is 9.10. The minimum Gasteiger partial charge on any atom is -0.466 e. The minimum atomic E-state index is 0.174. The second-order valence-corrected chi connectivity index (χ2v) is 4.33. The van der Waals surface area contributed by atoms with E-state index in [4.69, 9.17) is 4.42 Å². The summed E-state index contributed by atoms with van der Waals surface area (Å²) in [6.45, 7) is 3.67. The van der Waals surface area contributed by atoms with E-state index < -0.39 is 0 Å². The van der Waals surface area contributed by atoms with Crippen molar-refractivity contribution in [2.75, 3.05) is 6.54 Å². The van der Waals surface area contributed by atoms with E-state index in [2.05, 4.69) is 38.5 Å². The maximum absolute atomic E-state index is 5.37. The SMILES string of the molecule is CC(NCCn1ccnn1)c1occc1Br. The van der Waals surface area contributed by atoms with Gasteiger partial charge in [-0.2, -0.15) is 0 Å². The molecule has 6 heteroatoms. The molecule has 2 aromatic heterocycles. The third kappa shape index (κ3) is 2.70. The normalized spacial score (nSPS) is 12.9. The first-order valence-electron chi connectivity index (χ1n) is 5.08. The number of hydrogen-bond acceptors (Lipinski definition) is 4. The fourth-order valence-electron chi connectivity index (χ4n) is 1.45. The molecule has 0 aromatic carbocycles. The van der Waals surface area contributed by atoms with Gasteiger partial charge in [0.05, 0.1) is 29.5 Å². The lowest BCUT2D eigenvalue weighted by molar-refractivity contribution is 0.415. The lowest BCUT2D eigenvalue weighted by Crippen LogP contribution is -2.23. The van der Waals surface area contributed by atoms with Crippen LogP contribution in [0.25, 0.3) is 0 Å². The van der Waals surface area contributed by atoms with Gasteiger partial charge in [-0.05, 0) is 28.9 Å². The van der Waals surface area contributed by atoms with Gasteiger partial charge in [-0.3, -0.25) is 4.68 Å². The summed E-state index contributed by atoms with van der Waals surface area (Å²) in [7, 11) is 0. The summed E-state index contributed by atoms with van der Waals surface area (Å²) >= 11 is 3.44. The van der Waals surface area contributed by atoms with Crippen molar-refractivity contribution in [1.29, 1.82) is 0 Å². The Morgan fingerprint density at radius 3 is 3.12 bits per heavy atom. The van der Waals surface area contributed by atoms with Crippen molar-refractivity contribution in [3.05, 3.63) is 35.0 Å². The molecule has 0 aliphatic rings. The zero-order valence-electron chi connectivity index (χ0n) is 8.93. The molecule has 0 aliphatic carbocycles. The maximum Gasteiger partial charge on any atom is 0.134 e. The topological polar surface area (TPSA) is 55.9 Å².